The van der Waals surface area contributed by atoms with Gasteiger partial charge in [-0.3, -0.25) is 9.59 Å². The Bertz CT molecular complexity index is 487. The number of hydrogen-bond acceptors (Lipinski definition) is 2. The van der Waals surface area contributed by atoms with Crippen LogP contribution < -0.4 is 10.6 Å². The van der Waals surface area contributed by atoms with Gasteiger partial charge in [0, 0.05) is 11.2 Å². The second-order valence-electron chi connectivity index (χ2n) is 6.27. The van der Waals surface area contributed by atoms with Gasteiger partial charge in [0.15, 0.2) is 0 Å². The molecule has 0 atom stereocenters. The summed E-state index contributed by atoms with van der Waals surface area (Å²) < 4.78 is 0. The predicted molar refractivity (Wildman–Crippen MR) is 81.7 cm³/mol. The van der Waals surface area contributed by atoms with E-state index >= 15 is 0 Å². The third-order valence-corrected chi connectivity index (χ3v) is 2.69. The Balaban J connectivity index is 2.66. The van der Waals surface area contributed by atoms with E-state index in [2.05, 4.69) is 24.5 Å². The summed E-state index contributed by atoms with van der Waals surface area (Å²) >= 11 is 0. The molecular weight excluding hydrogens is 252 g/mol. The highest BCUT2D eigenvalue weighted by Gasteiger charge is 2.17. The predicted octanol–water partition coefficient (Wildman–Crippen LogP) is 3.05. The smallest absolute Gasteiger partial charge is 0.233 e. The van der Waals surface area contributed by atoms with Gasteiger partial charge in [-0.15, -0.1) is 0 Å². The molecule has 1 aromatic carbocycles. The summed E-state index contributed by atoms with van der Waals surface area (Å²) in [5.74, 6) is -0.244. The Kier molecular flexibility index (Phi) is 5.31. The molecule has 2 amide bonds. The lowest BCUT2D eigenvalue weighted by Crippen LogP contribution is -2.41. The van der Waals surface area contributed by atoms with E-state index in [1.165, 1.54) is 0 Å². The monoisotopic (exact) mass is 276 g/mol. The SMILES string of the molecule is CC(C)c1ccccc1NC(=O)CC(=O)NC(C)(C)C. The van der Waals surface area contributed by atoms with Gasteiger partial charge in [-0.05, 0) is 38.3 Å². The van der Waals surface area contributed by atoms with Crippen LogP contribution in [0.1, 0.15) is 52.5 Å². The number of nitrogens with one attached hydrogen (secondary N) is 2. The van der Waals surface area contributed by atoms with E-state index in [0.29, 0.717) is 5.92 Å². The number of anilines is 1. The summed E-state index contributed by atoms with van der Waals surface area (Å²) in [6, 6.07) is 7.65. The number of para-hydroxylation sites is 1. The average Bonchev–Trinajstić information content (AvgIpc) is 2.26. The lowest BCUT2D eigenvalue weighted by atomic mass is 10.0. The average molecular weight is 276 g/mol. The fraction of sp³-hybridized carbons (Fsp3) is 0.500. The van der Waals surface area contributed by atoms with Crippen molar-refractivity contribution in [2.45, 2.75) is 52.5 Å². The van der Waals surface area contributed by atoms with Crippen molar-refractivity contribution in [1.29, 1.82) is 0 Å². The third-order valence-electron chi connectivity index (χ3n) is 2.69. The van der Waals surface area contributed by atoms with Gasteiger partial charge in [0.25, 0.3) is 0 Å². The summed E-state index contributed by atoms with van der Waals surface area (Å²) in [6.45, 7) is 9.79. The van der Waals surface area contributed by atoms with E-state index in [0.717, 1.165) is 11.3 Å². The van der Waals surface area contributed by atoms with Crippen molar-refractivity contribution < 1.29 is 9.59 Å². The molecule has 0 spiro atoms. The first kappa shape index (κ1) is 16.2. The Morgan fingerprint density at radius 2 is 1.70 bits per heavy atom. The van der Waals surface area contributed by atoms with Crippen LogP contribution in [0.3, 0.4) is 0 Å². The highest BCUT2D eigenvalue weighted by molar-refractivity contribution is 6.04. The molecule has 4 nitrogen and oxygen atoms in total. The Morgan fingerprint density at radius 1 is 1.10 bits per heavy atom. The number of amides is 2. The van der Waals surface area contributed by atoms with E-state index in [1.807, 2.05) is 45.0 Å². The molecule has 20 heavy (non-hydrogen) atoms. The molecule has 0 aromatic heterocycles. The van der Waals surface area contributed by atoms with Crippen LogP contribution in [0.25, 0.3) is 0 Å². The molecule has 0 saturated heterocycles. The van der Waals surface area contributed by atoms with Crippen molar-refractivity contribution in [3.63, 3.8) is 0 Å². The second-order valence-corrected chi connectivity index (χ2v) is 6.27. The molecule has 0 aliphatic heterocycles. The third kappa shape index (κ3) is 5.43. The van der Waals surface area contributed by atoms with Crippen LogP contribution in [-0.4, -0.2) is 17.4 Å². The molecule has 0 bridgehead atoms. The zero-order valence-electron chi connectivity index (χ0n) is 12.9. The van der Waals surface area contributed by atoms with Crippen LogP contribution in [0, 0.1) is 0 Å². The highest BCUT2D eigenvalue weighted by Crippen LogP contribution is 2.23. The molecule has 0 aliphatic carbocycles. The van der Waals surface area contributed by atoms with E-state index < -0.39 is 0 Å². The molecule has 2 N–H and O–H groups in total. The Hall–Kier alpha value is -1.84. The van der Waals surface area contributed by atoms with Crippen LogP contribution in [0.4, 0.5) is 5.69 Å². The first-order valence-electron chi connectivity index (χ1n) is 6.89. The van der Waals surface area contributed by atoms with Crippen molar-refractivity contribution in [3.8, 4) is 0 Å². The maximum absolute atomic E-state index is 11.9. The van der Waals surface area contributed by atoms with E-state index in [4.69, 9.17) is 0 Å². The number of benzene rings is 1. The molecule has 1 rings (SSSR count). The van der Waals surface area contributed by atoms with Crippen LogP contribution in [-0.2, 0) is 9.59 Å². The summed E-state index contributed by atoms with van der Waals surface area (Å²) in [6.07, 6.45) is -0.163. The number of carbonyl (C=O) groups is 2. The summed E-state index contributed by atoms with van der Waals surface area (Å²) in [5.41, 5.74) is 1.51. The van der Waals surface area contributed by atoms with Gasteiger partial charge >= 0.3 is 0 Å². The highest BCUT2D eigenvalue weighted by atomic mass is 16.2. The van der Waals surface area contributed by atoms with Crippen molar-refractivity contribution in [2.75, 3.05) is 5.32 Å². The maximum atomic E-state index is 11.9. The van der Waals surface area contributed by atoms with Crippen LogP contribution >= 0.6 is 0 Å². The molecule has 110 valence electrons. The standard InChI is InChI=1S/C16H24N2O2/c1-11(2)12-8-6-7-9-13(12)17-14(19)10-15(20)18-16(3,4)5/h6-9,11H,10H2,1-5H3,(H,17,19)(H,18,20). The molecule has 0 heterocycles. The summed E-state index contributed by atoms with van der Waals surface area (Å²) in [5, 5.41) is 5.58. The van der Waals surface area contributed by atoms with Crippen molar-refractivity contribution in [2.24, 2.45) is 0 Å². The molecule has 0 aliphatic rings. The summed E-state index contributed by atoms with van der Waals surface area (Å²) in [7, 11) is 0. The topological polar surface area (TPSA) is 58.2 Å². The second kappa shape index (κ2) is 6.55. The van der Waals surface area contributed by atoms with Gasteiger partial charge in [0.05, 0.1) is 0 Å². The Morgan fingerprint density at radius 3 is 2.25 bits per heavy atom. The van der Waals surface area contributed by atoms with Gasteiger partial charge in [0.2, 0.25) is 11.8 Å². The van der Waals surface area contributed by atoms with Gasteiger partial charge in [-0.1, -0.05) is 32.0 Å². The Labute approximate surface area is 121 Å². The number of hydrogen-bond donors (Lipinski definition) is 2. The number of carbonyl (C=O) groups excluding carboxylic acids is 2. The molecule has 1 aromatic rings. The van der Waals surface area contributed by atoms with Gasteiger partial charge in [0.1, 0.15) is 6.42 Å². The van der Waals surface area contributed by atoms with E-state index in [1.54, 1.807) is 0 Å². The van der Waals surface area contributed by atoms with Crippen LogP contribution in [0.5, 0.6) is 0 Å². The minimum atomic E-state index is -0.326. The lowest BCUT2D eigenvalue weighted by Gasteiger charge is -2.20. The van der Waals surface area contributed by atoms with Crippen molar-refractivity contribution in [1.82, 2.24) is 5.32 Å². The fourth-order valence-electron chi connectivity index (χ4n) is 1.92. The van der Waals surface area contributed by atoms with E-state index in [9.17, 15) is 9.59 Å². The van der Waals surface area contributed by atoms with Gasteiger partial charge in [-0.2, -0.15) is 0 Å². The quantitative estimate of drug-likeness (QED) is 0.830. The van der Waals surface area contributed by atoms with Crippen LogP contribution in [0.15, 0.2) is 24.3 Å². The first-order valence-corrected chi connectivity index (χ1v) is 6.89. The van der Waals surface area contributed by atoms with Gasteiger partial charge in [-0.25, -0.2) is 0 Å². The maximum Gasteiger partial charge on any atom is 0.233 e. The minimum Gasteiger partial charge on any atom is -0.351 e. The summed E-state index contributed by atoms with van der Waals surface area (Å²) in [4.78, 5) is 23.6. The molecule has 0 unspecified atom stereocenters. The first-order chi connectivity index (χ1) is 9.19. The van der Waals surface area contributed by atoms with Crippen LogP contribution in [0.2, 0.25) is 0 Å². The van der Waals surface area contributed by atoms with Crippen molar-refractivity contribution in [3.05, 3.63) is 29.8 Å². The molecule has 0 saturated carbocycles. The largest absolute Gasteiger partial charge is 0.351 e. The van der Waals surface area contributed by atoms with E-state index in [-0.39, 0.29) is 23.8 Å². The molecular formula is C16H24N2O2. The molecule has 0 fully saturated rings. The minimum absolute atomic E-state index is 0.163. The zero-order chi connectivity index (χ0) is 15.3. The fourth-order valence-corrected chi connectivity index (χ4v) is 1.92. The molecule has 0 radical (unpaired) electrons. The van der Waals surface area contributed by atoms with Crippen molar-refractivity contribution >= 4 is 17.5 Å². The molecule has 4 heteroatoms. The normalized spacial score (nSPS) is 11.3. The number of rotatable bonds is 4. The zero-order valence-corrected chi connectivity index (χ0v) is 12.9. The van der Waals surface area contributed by atoms with Gasteiger partial charge < -0.3 is 10.6 Å². The lowest BCUT2D eigenvalue weighted by molar-refractivity contribution is -0.127.